The highest BCUT2D eigenvalue weighted by Gasteiger charge is 2.29. The van der Waals surface area contributed by atoms with Crippen molar-refractivity contribution in [2.24, 2.45) is 11.8 Å². The SMILES string of the molecule is CC1CC(C)CN(C2CCN(CCc3ccccc3)CC2)C1. The molecular weight excluding hydrogens is 268 g/mol. The zero-order valence-electron chi connectivity index (χ0n) is 14.4. The molecule has 2 heteroatoms. The highest BCUT2D eigenvalue weighted by molar-refractivity contribution is 5.14. The second-order valence-corrected chi connectivity index (χ2v) is 7.71. The summed E-state index contributed by atoms with van der Waals surface area (Å²) in [6, 6.07) is 11.8. The van der Waals surface area contributed by atoms with Gasteiger partial charge in [0.25, 0.3) is 0 Å². The van der Waals surface area contributed by atoms with Crippen LogP contribution in [0.25, 0.3) is 0 Å². The minimum Gasteiger partial charge on any atom is -0.303 e. The molecule has 3 rings (SSSR count). The summed E-state index contributed by atoms with van der Waals surface area (Å²) in [4.78, 5) is 5.47. The van der Waals surface area contributed by atoms with E-state index in [1.807, 2.05) is 0 Å². The summed E-state index contributed by atoms with van der Waals surface area (Å²) < 4.78 is 0. The van der Waals surface area contributed by atoms with E-state index in [-0.39, 0.29) is 0 Å². The number of hydrogen-bond acceptors (Lipinski definition) is 2. The number of nitrogens with zero attached hydrogens (tertiary/aromatic N) is 2. The van der Waals surface area contributed by atoms with Crippen molar-refractivity contribution >= 4 is 0 Å². The minimum atomic E-state index is 0.846. The Balaban J connectivity index is 1.42. The molecule has 0 aromatic heterocycles. The van der Waals surface area contributed by atoms with Crippen LogP contribution in [0.1, 0.15) is 38.7 Å². The zero-order valence-corrected chi connectivity index (χ0v) is 14.4. The van der Waals surface area contributed by atoms with Gasteiger partial charge in [0.05, 0.1) is 0 Å². The smallest absolute Gasteiger partial charge is 0.0120 e. The van der Waals surface area contributed by atoms with Crippen LogP contribution in [0.4, 0.5) is 0 Å². The van der Waals surface area contributed by atoms with Gasteiger partial charge in [0.2, 0.25) is 0 Å². The van der Waals surface area contributed by atoms with E-state index in [1.165, 1.54) is 64.0 Å². The van der Waals surface area contributed by atoms with E-state index >= 15 is 0 Å². The molecule has 2 fully saturated rings. The molecule has 2 saturated heterocycles. The molecule has 0 amide bonds. The van der Waals surface area contributed by atoms with E-state index in [0.717, 1.165) is 17.9 Å². The van der Waals surface area contributed by atoms with Crippen molar-refractivity contribution in [3.63, 3.8) is 0 Å². The molecule has 2 aliphatic rings. The molecule has 2 atom stereocenters. The first-order valence-electron chi connectivity index (χ1n) is 9.21. The number of hydrogen-bond donors (Lipinski definition) is 0. The highest BCUT2D eigenvalue weighted by atomic mass is 15.2. The van der Waals surface area contributed by atoms with Gasteiger partial charge in [-0.3, -0.25) is 4.90 Å². The number of benzene rings is 1. The van der Waals surface area contributed by atoms with E-state index in [1.54, 1.807) is 0 Å². The second kappa shape index (κ2) is 7.61. The molecule has 1 aromatic rings. The Bertz CT molecular complexity index is 426. The topological polar surface area (TPSA) is 6.48 Å². The lowest BCUT2D eigenvalue weighted by Crippen LogP contribution is -2.50. The second-order valence-electron chi connectivity index (χ2n) is 7.71. The van der Waals surface area contributed by atoms with Gasteiger partial charge in [-0.25, -0.2) is 0 Å². The zero-order chi connectivity index (χ0) is 15.4. The lowest BCUT2D eigenvalue weighted by atomic mass is 9.89. The Hall–Kier alpha value is -0.860. The Morgan fingerprint density at radius 1 is 0.955 bits per heavy atom. The Labute approximate surface area is 136 Å². The summed E-state index contributed by atoms with van der Waals surface area (Å²) >= 11 is 0. The molecule has 1 aromatic carbocycles. The monoisotopic (exact) mass is 300 g/mol. The maximum atomic E-state index is 2.80. The van der Waals surface area contributed by atoms with Crippen molar-refractivity contribution in [2.45, 2.75) is 45.6 Å². The van der Waals surface area contributed by atoms with Crippen LogP contribution < -0.4 is 0 Å². The number of likely N-dealkylation sites (tertiary alicyclic amines) is 2. The van der Waals surface area contributed by atoms with Crippen LogP contribution in [0.3, 0.4) is 0 Å². The molecule has 0 bridgehead atoms. The van der Waals surface area contributed by atoms with Crippen LogP contribution in [0.5, 0.6) is 0 Å². The van der Waals surface area contributed by atoms with Gasteiger partial charge in [0.15, 0.2) is 0 Å². The van der Waals surface area contributed by atoms with Crippen molar-refractivity contribution in [3.05, 3.63) is 35.9 Å². The molecule has 2 unspecified atom stereocenters. The summed E-state index contributed by atoms with van der Waals surface area (Å²) in [6.07, 6.45) is 5.36. The molecule has 122 valence electrons. The van der Waals surface area contributed by atoms with E-state index in [0.29, 0.717) is 0 Å². The van der Waals surface area contributed by atoms with Gasteiger partial charge in [-0.2, -0.15) is 0 Å². The molecular formula is C20H32N2. The average Bonchev–Trinajstić information content (AvgIpc) is 2.53. The third-order valence-corrected chi connectivity index (χ3v) is 5.53. The maximum absolute atomic E-state index is 2.80. The van der Waals surface area contributed by atoms with Crippen LogP contribution in [-0.4, -0.2) is 48.6 Å². The Morgan fingerprint density at radius 3 is 2.23 bits per heavy atom. The third kappa shape index (κ3) is 4.33. The first-order chi connectivity index (χ1) is 10.7. The van der Waals surface area contributed by atoms with Crippen molar-refractivity contribution in [1.82, 2.24) is 9.80 Å². The fourth-order valence-corrected chi connectivity index (χ4v) is 4.45. The van der Waals surface area contributed by atoms with Crippen LogP contribution >= 0.6 is 0 Å². The van der Waals surface area contributed by atoms with Gasteiger partial charge >= 0.3 is 0 Å². The normalized spacial score (nSPS) is 28.8. The van der Waals surface area contributed by atoms with E-state index < -0.39 is 0 Å². The Morgan fingerprint density at radius 2 is 1.59 bits per heavy atom. The lowest BCUT2D eigenvalue weighted by Gasteiger charge is -2.43. The lowest BCUT2D eigenvalue weighted by molar-refractivity contribution is 0.0550. The van der Waals surface area contributed by atoms with E-state index in [2.05, 4.69) is 54.0 Å². The molecule has 2 aliphatic heterocycles. The predicted octanol–water partition coefficient (Wildman–Crippen LogP) is 3.67. The fraction of sp³-hybridized carbons (Fsp3) is 0.700. The Kier molecular flexibility index (Phi) is 5.54. The summed E-state index contributed by atoms with van der Waals surface area (Å²) in [5.74, 6) is 1.78. The van der Waals surface area contributed by atoms with Crippen LogP contribution in [0.2, 0.25) is 0 Å². The van der Waals surface area contributed by atoms with E-state index in [4.69, 9.17) is 0 Å². The van der Waals surface area contributed by atoms with Gasteiger partial charge in [-0.15, -0.1) is 0 Å². The summed E-state index contributed by atoms with van der Waals surface area (Å²) in [5.41, 5.74) is 1.48. The standard InChI is InChI=1S/C20H32N2/c1-17-14-18(2)16-22(15-17)20-9-12-21(13-10-20)11-8-19-6-4-3-5-7-19/h3-7,17-18,20H,8-16H2,1-2H3. The van der Waals surface area contributed by atoms with Gasteiger partial charge in [-0.05, 0) is 56.2 Å². The molecule has 2 nitrogen and oxygen atoms in total. The first kappa shape index (κ1) is 16.0. The molecule has 0 N–H and O–H groups in total. The highest BCUT2D eigenvalue weighted by Crippen LogP contribution is 2.26. The number of piperidine rings is 2. The van der Waals surface area contributed by atoms with Crippen molar-refractivity contribution < 1.29 is 0 Å². The summed E-state index contributed by atoms with van der Waals surface area (Å²) in [7, 11) is 0. The third-order valence-electron chi connectivity index (χ3n) is 5.53. The van der Waals surface area contributed by atoms with Gasteiger partial charge in [0, 0.05) is 25.7 Å². The van der Waals surface area contributed by atoms with Crippen molar-refractivity contribution in [2.75, 3.05) is 32.7 Å². The quantitative estimate of drug-likeness (QED) is 0.837. The largest absolute Gasteiger partial charge is 0.303 e. The molecule has 22 heavy (non-hydrogen) atoms. The molecule has 0 radical (unpaired) electrons. The van der Waals surface area contributed by atoms with Gasteiger partial charge in [0.1, 0.15) is 0 Å². The summed E-state index contributed by atoms with van der Waals surface area (Å²) in [6.45, 7) is 11.3. The van der Waals surface area contributed by atoms with E-state index in [9.17, 15) is 0 Å². The van der Waals surface area contributed by atoms with Gasteiger partial charge < -0.3 is 4.90 Å². The first-order valence-corrected chi connectivity index (χ1v) is 9.21. The number of rotatable bonds is 4. The molecule has 0 aliphatic carbocycles. The average molecular weight is 300 g/mol. The molecule has 0 spiro atoms. The van der Waals surface area contributed by atoms with Crippen molar-refractivity contribution in [1.29, 1.82) is 0 Å². The van der Waals surface area contributed by atoms with Crippen molar-refractivity contribution in [3.8, 4) is 0 Å². The molecule has 0 saturated carbocycles. The fourth-order valence-electron chi connectivity index (χ4n) is 4.45. The van der Waals surface area contributed by atoms with Crippen LogP contribution in [-0.2, 0) is 6.42 Å². The summed E-state index contributed by atoms with van der Waals surface area (Å²) in [5, 5.41) is 0. The van der Waals surface area contributed by atoms with Crippen LogP contribution in [0, 0.1) is 11.8 Å². The predicted molar refractivity (Wildman–Crippen MR) is 94.1 cm³/mol. The molecule has 2 heterocycles. The van der Waals surface area contributed by atoms with Crippen LogP contribution in [0.15, 0.2) is 30.3 Å². The maximum Gasteiger partial charge on any atom is 0.0120 e. The van der Waals surface area contributed by atoms with Gasteiger partial charge in [-0.1, -0.05) is 44.2 Å². The minimum absolute atomic E-state index is 0.846.